The van der Waals surface area contributed by atoms with Crippen molar-refractivity contribution in [2.45, 2.75) is 31.8 Å². The van der Waals surface area contributed by atoms with Crippen LogP contribution in [0.15, 0.2) is 36.8 Å². The summed E-state index contributed by atoms with van der Waals surface area (Å²) < 4.78 is 15.3. The number of nitrogens with one attached hydrogen (secondary N) is 1. The first-order valence-corrected chi connectivity index (χ1v) is 6.82. The van der Waals surface area contributed by atoms with Gasteiger partial charge in [-0.05, 0) is 37.9 Å². The summed E-state index contributed by atoms with van der Waals surface area (Å²) in [6, 6.07) is 7.42. The van der Waals surface area contributed by atoms with E-state index in [9.17, 15) is 4.39 Å². The summed E-state index contributed by atoms with van der Waals surface area (Å²) in [7, 11) is 0. The summed E-state index contributed by atoms with van der Waals surface area (Å²) in [5, 5.41) is 3.49. The molecule has 100 valence electrons. The molecule has 1 heterocycles. The maximum absolute atomic E-state index is 13.3. The molecule has 0 amide bonds. The van der Waals surface area contributed by atoms with Gasteiger partial charge in [0.05, 0.1) is 18.2 Å². The highest BCUT2D eigenvalue weighted by molar-refractivity contribution is 5.58. The maximum Gasteiger partial charge on any atom is 0.123 e. The van der Waals surface area contributed by atoms with E-state index in [0.717, 1.165) is 36.8 Å². The third-order valence-electron chi connectivity index (χ3n) is 3.42. The van der Waals surface area contributed by atoms with Gasteiger partial charge in [0.25, 0.3) is 0 Å². The van der Waals surface area contributed by atoms with Crippen molar-refractivity contribution in [3.8, 4) is 11.3 Å². The van der Waals surface area contributed by atoms with Crippen LogP contribution in [0.1, 0.15) is 19.3 Å². The second-order valence-corrected chi connectivity index (χ2v) is 5.06. The molecule has 0 saturated heterocycles. The van der Waals surface area contributed by atoms with Crippen LogP contribution >= 0.6 is 0 Å². The van der Waals surface area contributed by atoms with Crippen LogP contribution in [0.25, 0.3) is 11.3 Å². The highest BCUT2D eigenvalue weighted by Gasteiger charge is 2.19. The predicted molar refractivity (Wildman–Crippen MR) is 73.3 cm³/mol. The number of benzene rings is 1. The Morgan fingerprint density at radius 3 is 3.05 bits per heavy atom. The fourth-order valence-electron chi connectivity index (χ4n) is 2.23. The third kappa shape index (κ3) is 3.20. The Balaban J connectivity index is 1.63. The number of rotatable bonds is 6. The van der Waals surface area contributed by atoms with Gasteiger partial charge in [0.15, 0.2) is 0 Å². The molecule has 19 heavy (non-hydrogen) atoms. The van der Waals surface area contributed by atoms with E-state index in [-0.39, 0.29) is 5.82 Å². The molecule has 2 aromatic rings. The minimum atomic E-state index is -0.208. The average Bonchev–Trinajstić information content (AvgIpc) is 3.11. The summed E-state index contributed by atoms with van der Waals surface area (Å²) in [4.78, 5) is 4.17. The van der Waals surface area contributed by atoms with Crippen LogP contribution in [-0.4, -0.2) is 22.1 Å². The zero-order valence-corrected chi connectivity index (χ0v) is 10.8. The predicted octanol–water partition coefficient (Wildman–Crippen LogP) is 2.83. The SMILES string of the molecule is Fc1cccc(-c2cncn2CCCNC2CC2)c1. The number of aryl methyl sites for hydroxylation is 1. The Hall–Kier alpha value is -1.68. The molecule has 1 aromatic heterocycles. The molecule has 1 saturated carbocycles. The van der Waals surface area contributed by atoms with Crippen molar-refractivity contribution in [1.82, 2.24) is 14.9 Å². The molecular formula is C15H18FN3. The number of hydrogen-bond acceptors (Lipinski definition) is 2. The van der Waals surface area contributed by atoms with Crippen LogP contribution in [-0.2, 0) is 6.54 Å². The van der Waals surface area contributed by atoms with Gasteiger partial charge in [-0.25, -0.2) is 9.37 Å². The average molecular weight is 259 g/mol. The van der Waals surface area contributed by atoms with Crippen LogP contribution in [0.5, 0.6) is 0 Å². The fraction of sp³-hybridized carbons (Fsp3) is 0.400. The number of nitrogens with zero attached hydrogens (tertiary/aromatic N) is 2. The van der Waals surface area contributed by atoms with Crippen molar-refractivity contribution in [3.63, 3.8) is 0 Å². The van der Waals surface area contributed by atoms with Crippen molar-refractivity contribution < 1.29 is 4.39 Å². The normalized spacial score (nSPS) is 14.8. The summed E-state index contributed by atoms with van der Waals surface area (Å²) >= 11 is 0. The molecule has 3 nitrogen and oxygen atoms in total. The van der Waals surface area contributed by atoms with Gasteiger partial charge in [-0.1, -0.05) is 12.1 Å². The molecule has 0 atom stereocenters. The molecule has 1 fully saturated rings. The van der Waals surface area contributed by atoms with E-state index in [1.807, 2.05) is 12.4 Å². The Kier molecular flexibility index (Phi) is 3.60. The molecule has 0 radical (unpaired) electrons. The lowest BCUT2D eigenvalue weighted by atomic mass is 10.1. The van der Waals surface area contributed by atoms with Crippen LogP contribution in [0.2, 0.25) is 0 Å². The Bertz CT molecular complexity index is 546. The van der Waals surface area contributed by atoms with E-state index < -0.39 is 0 Å². The zero-order valence-electron chi connectivity index (χ0n) is 10.8. The zero-order chi connectivity index (χ0) is 13.1. The molecule has 3 rings (SSSR count). The van der Waals surface area contributed by atoms with E-state index in [1.165, 1.54) is 18.9 Å². The van der Waals surface area contributed by atoms with Crippen molar-refractivity contribution >= 4 is 0 Å². The highest BCUT2D eigenvalue weighted by Crippen LogP contribution is 2.20. The maximum atomic E-state index is 13.3. The largest absolute Gasteiger partial charge is 0.331 e. The summed E-state index contributed by atoms with van der Waals surface area (Å²) in [5.74, 6) is -0.208. The lowest BCUT2D eigenvalue weighted by Gasteiger charge is -2.08. The van der Waals surface area contributed by atoms with Gasteiger partial charge in [0.2, 0.25) is 0 Å². The first-order chi connectivity index (χ1) is 9.33. The minimum absolute atomic E-state index is 0.208. The second-order valence-electron chi connectivity index (χ2n) is 5.06. The molecule has 4 heteroatoms. The van der Waals surface area contributed by atoms with Gasteiger partial charge < -0.3 is 9.88 Å². The summed E-state index contributed by atoms with van der Waals surface area (Å²) in [6.07, 6.45) is 7.31. The Morgan fingerprint density at radius 1 is 1.37 bits per heavy atom. The van der Waals surface area contributed by atoms with Crippen LogP contribution < -0.4 is 5.32 Å². The van der Waals surface area contributed by atoms with Crippen molar-refractivity contribution in [3.05, 3.63) is 42.6 Å². The van der Waals surface area contributed by atoms with Gasteiger partial charge in [-0.15, -0.1) is 0 Å². The van der Waals surface area contributed by atoms with E-state index in [1.54, 1.807) is 18.3 Å². The minimum Gasteiger partial charge on any atom is -0.331 e. The number of aromatic nitrogens is 2. The number of hydrogen-bond donors (Lipinski definition) is 1. The van der Waals surface area contributed by atoms with E-state index in [2.05, 4.69) is 14.9 Å². The van der Waals surface area contributed by atoms with Gasteiger partial charge in [0.1, 0.15) is 5.82 Å². The third-order valence-corrected chi connectivity index (χ3v) is 3.42. The van der Waals surface area contributed by atoms with Crippen molar-refractivity contribution in [2.24, 2.45) is 0 Å². The van der Waals surface area contributed by atoms with Gasteiger partial charge in [-0.3, -0.25) is 0 Å². The summed E-state index contributed by atoms with van der Waals surface area (Å²) in [6.45, 7) is 1.94. The molecule has 1 aliphatic carbocycles. The first-order valence-electron chi connectivity index (χ1n) is 6.82. The molecule has 1 aliphatic rings. The highest BCUT2D eigenvalue weighted by atomic mass is 19.1. The quantitative estimate of drug-likeness (QED) is 0.808. The van der Waals surface area contributed by atoms with Crippen LogP contribution in [0, 0.1) is 5.82 Å². The van der Waals surface area contributed by atoms with Gasteiger partial charge in [0, 0.05) is 18.2 Å². The van der Waals surface area contributed by atoms with Crippen molar-refractivity contribution in [2.75, 3.05) is 6.54 Å². The molecule has 0 aliphatic heterocycles. The lowest BCUT2D eigenvalue weighted by Crippen LogP contribution is -2.18. The molecule has 1 N–H and O–H groups in total. The molecule has 1 aromatic carbocycles. The fourth-order valence-corrected chi connectivity index (χ4v) is 2.23. The topological polar surface area (TPSA) is 29.9 Å². The van der Waals surface area contributed by atoms with Gasteiger partial charge in [-0.2, -0.15) is 0 Å². The Labute approximate surface area is 112 Å². The second kappa shape index (κ2) is 5.53. The molecule has 0 spiro atoms. The summed E-state index contributed by atoms with van der Waals surface area (Å²) in [5.41, 5.74) is 1.86. The van der Waals surface area contributed by atoms with Gasteiger partial charge >= 0.3 is 0 Å². The van der Waals surface area contributed by atoms with Crippen LogP contribution in [0.3, 0.4) is 0 Å². The number of imidazole rings is 1. The van der Waals surface area contributed by atoms with E-state index >= 15 is 0 Å². The van der Waals surface area contributed by atoms with Crippen LogP contribution in [0.4, 0.5) is 4.39 Å². The molecular weight excluding hydrogens is 241 g/mol. The monoisotopic (exact) mass is 259 g/mol. The van der Waals surface area contributed by atoms with E-state index in [0.29, 0.717) is 0 Å². The smallest absolute Gasteiger partial charge is 0.123 e. The lowest BCUT2D eigenvalue weighted by molar-refractivity contribution is 0.581. The van der Waals surface area contributed by atoms with E-state index in [4.69, 9.17) is 0 Å². The first kappa shape index (κ1) is 12.4. The number of halogens is 1. The Morgan fingerprint density at radius 2 is 2.26 bits per heavy atom. The molecule has 0 bridgehead atoms. The van der Waals surface area contributed by atoms with Crippen molar-refractivity contribution in [1.29, 1.82) is 0 Å². The molecule has 0 unspecified atom stereocenters. The standard InChI is InChI=1S/C15H18FN3/c16-13-4-1-3-12(9-13)15-10-17-11-19(15)8-2-7-18-14-5-6-14/h1,3-4,9-11,14,18H,2,5-8H2.